The third kappa shape index (κ3) is 1.26. The molecule has 2 rings (SSSR count). The van der Waals surface area contributed by atoms with E-state index in [9.17, 15) is 0 Å². The predicted octanol–water partition coefficient (Wildman–Crippen LogP) is 3.24. The van der Waals surface area contributed by atoms with Gasteiger partial charge in [0.05, 0.1) is 0 Å². The summed E-state index contributed by atoms with van der Waals surface area (Å²) in [6.45, 7) is 0. The minimum atomic E-state index is 0.481. The smallest absolute Gasteiger partial charge is 0.265 e. The summed E-state index contributed by atoms with van der Waals surface area (Å²) in [7, 11) is 0. The Labute approximate surface area is 76.3 Å². The van der Waals surface area contributed by atoms with Crippen LogP contribution in [0.15, 0.2) is 27.4 Å². The summed E-state index contributed by atoms with van der Waals surface area (Å²) in [6.07, 6.45) is 0. The molecule has 1 heterocycles. The Morgan fingerprint density at radius 1 is 1.45 bits per heavy atom. The van der Waals surface area contributed by atoms with Crippen LogP contribution in [-0.4, -0.2) is 4.98 Å². The topological polar surface area (TPSA) is 26.0 Å². The molecule has 11 heavy (non-hydrogen) atoms. The van der Waals surface area contributed by atoms with E-state index in [-0.39, 0.29) is 0 Å². The lowest BCUT2D eigenvalue weighted by atomic mass is 10.3. The molecule has 4 heteroatoms. The highest BCUT2D eigenvalue weighted by Gasteiger charge is 2.01. The van der Waals surface area contributed by atoms with Crippen LogP contribution in [0, 0.1) is 0 Å². The van der Waals surface area contributed by atoms with Crippen molar-refractivity contribution >= 4 is 38.6 Å². The van der Waals surface area contributed by atoms with Crippen molar-refractivity contribution in [2.24, 2.45) is 0 Å². The van der Waals surface area contributed by atoms with Crippen LogP contribution in [-0.2, 0) is 0 Å². The molecule has 2 aromatic rings. The van der Waals surface area contributed by atoms with Crippen molar-refractivity contribution < 1.29 is 4.42 Å². The maximum atomic E-state index is 5.73. The molecule has 0 fully saturated rings. The van der Waals surface area contributed by atoms with Gasteiger partial charge in [0, 0.05) is 21.0 Å². The Balaban J connectivity index is 2.82. The Morgan fingerprint density at radius 2 is 2.27 bits per heavy atom. The molecule has 0 N–H and O–H groups in total. The van der Waals surface area contributed by atoms with E-state index in [4.69, 9.17) is 16.0 Å². The third-order valence-corrected chi connectivity index (χ3v) is 1.90. The molecule has 0 amide bonds. The fourth-order valence-corrected chi connectivity index (χ4v) is 1.40. The average Bonchev–Trinajstić information content (AvgIpc) is 2.27. The third-order valence-electron chi connectivity index (χ3n) is 1.32. The van der Waals surface area contributed by atoms with Crippen molar-refractivity contribution in [2.75, 3.05) is 0 Å². The highest BCUT2D eigenvalue weighted by atomic mass is 79.9. The van der Waals surface area contributed by atoms with Crippen molar-refractivity contribution in [1.82, 2.24) is 4.98 Å². The van der Waals surface area contributed by atoms with Crippen LogP contribution in [0.2, 0.25) is 5.02 Å². The first-order chi connectivity index (χ1) is 5.25. The summed E-state index contributed by atoms with van der Waals surface area (Å²) in [5, 5.41) is 0.665. The van der Waals surface area contributed by atoms with Crippen LogP contribution in [0.4, 0.5) is 0 Å². The summed E-state index contributed by atoms with van der Waals surface area (Å²) >= 11 is 8.86. The number of fused-ring (bicyclic) bond motifs is 1. The number of benzene rings is 1. The number of halogens is 2. The van der Waals surface area contributed by atoms with Gasteiger partial charge in [0.15, 0.2) is 5.58 Å². The number of oxazole rings is 1. The van der Waals surface area contributed by atoms with E-state index in [1.165, 1.54) is 0 Å². The van der Waals surface area contributed by atoms with Crippen LogP contribution >= 0.6 is 27.5 Å². The minimum Gasteiger partial charge on any atom is -0.431 e. The van der Waals surface area contributed by atoms with Gasteiger partial charge < -0.3 is 4.42 Å². The van der Waals surface area contributed by atoms with Gasteiger partial charge in [0.25, 0.3) is 4.80 Å². The first-order valence-corrected chi connectivity index (χ1v) is 4.14. The van der Waals surface area contributed by atoms with Gasteiger partial charge in [-0.15, -0.1) is 0 Å². The molecule has 0 bridgehead atoms. The van der Waals surface area contributed by atoms with Crippen LogP contribution < -0.4 is 0 Å². The van der Waals surface area contributed by atoms with Crippen LogP contribution in [0.5, 0.6) is 0 Å². The molecule has 1 aromatic carbocycles. The lowest BCUT2D eigenvalue weighted by Gasteiger charge is -1.85. The first kappa shape index (κ1) is 7.13. The van der Waals surface area contributed by atoms with E-state index in [1.807, 2.05) is 0 Å². The molecular formula is C7H3BrClNO. The van der Waals surface area contributed by atoms with Crippen molar-refractivity contribution in [3.05, 3.63) is 28.0 Å². The summed E-state index contributed by atoms with van der Waals surface area (Å²) < 4.78 is 5.17. The predicted molar refractivity (Wildman–Crippen MR) is 46.7 cm³/mol. The van der Waals surface area contributed by atoms with Crippen LogP contribution in [0.3, 0.4) is 0 Å². The van der Waals surface area contributed by atoms with E-state index in [1.54, 1.807) is 18.2 Å². The standard InChI is InChI=1S/C7H3BrClNO/c8-7-10-5-3-4(9)1-2-6(5)11-7/h1-3H. The van der Waals surface area contributed by atoms with Gasteiger partial charge in [-0.05, 0) is 18.2 Å². The highest BCUT2D eigenvalue weighted by Crippen LogP contribution is 2.21. The number of hydrogen-bond donors (Lipinski definition) is 0. The quantitative estimate of drug-likeness (QED) is 0.697. The van der Waals surface area contributed by atoms with Gasteiger partial charge in [-0.25, -0.2) is 4.98 Å². The normalized spacial score (nSPS) is 10.7. The molecule has 0 saturated heterocycles. The van der Waals surface area contributed by atoms with Crippen LogP contribution in [0.1, 0.15) is 0 Å². The fourth-order valence-electron chi connectivity index (χ4n) is 0.872. The van der Waals surface area contributed by atoms with E-state index in [2.05, 4.69) is 20.9 Å². The molecule has 56 valence electrons. The lowest BCUT2D eigenvalue weighted by Crippen LogP contribution is -1.66. The van der Waals surface area contributed by atoms with E-state index in [0.717, 1.165) is 11.1 Å². The number of nitrogens with zero attached hydrogens (tertiary/aromatic N) is 1. The van der Waals surface area contributed by atoms with Gasteiger partial charge in [0.2, 0.25) is 0 Å². The van der Waals surface area contributed by atoms with E-state index in [0.29, 0.717) is 9.82 Å². The van der Waals surface area contributed by atoms with E-state index >= 15 is 0 Å². The number of hydrogen-bond acceptors (Lipinski definition) is 2. The molecule has 0 aliphatic heterocycles. The van der Waals surface area contributed by atoms with Gasteiger partial charge in [-0.3, -0.25) is 0 Å². The van der Waals surface area contributed by atoms with Gasteiger partial charge in [-0.1, -0.05) is 11.6 Å². The van der Waals surface area contributed by atoms with Gasteiger partial charge >= 0.3 is 0 Å². The van der Waals surface area contributed by atoms with Crippen LogP contribution in [0.25, 0.3) is 11.1 Å². The fraction of sp³-hybridized carbons (Fsp3) is 0. The van der Waals surface area contributed by atoms with Crippen molar-refractivity contribution in [1.29, 1.82) is 0 Å². The molecule has 2 nitrogen and oxygen atoms in total. The summed E-state index contributed by atoms with van der Waals surface area (Å²) in [5.41, 5.74) is 1.51. The monoisotopic (exact) mass is 231 g/mol. The van der Waals surface area contributed by atoms with Gasteiger partial charge in [0.1, 0.15) is 5.52 Å². The lowest BCUT2D eigenvalue weighted by molar-refractivity contribution is 0.570. The highest BCUT2D eigenvalue weighted by molar-refractivity contribution is 9.10. The van der Waals surface area contributed by atoms with Crippen molar-refractivity contribution in [3.63, 3.8) is 0 Å². The number of aromatic nitrogens is 1. The average molecular weight is 232 g/mol. The summed E-state index contributed by atoms with van der Waals surface area (Å²) in [6, 6.07) is 5.31. The second-order valence-corrected chi connectivity index (χ2v) is 3.19. The Bertz CT molecular complexity index is 398. The van der Waals surface area contributed by atoms with Gasteiger partial charge in [-0.2, -0.15) is 0 Å². The molecule has 1 aromatic heterocycles. The molecule has 0 radical (unpaired) electrons. The Morgan fingerprint density at radius 3 is 3.09 bits per heavy atom. The van der Waals surface area contributed by atoms with E-state index < -0.39 is 0 Å². The molecular weight excluding hydrogens is 229 g/mol. The zero-order valence-corrected chi connectivity index (χ0v) is 7.69. The summed E-state index contributed by atoms with van der Waals surface area (Å²) in [5.74, 6) is 0. The molecule has 0 spiro atoms. The minimum absolute atomic E-state index is 0.481. The largest absolute Gasteiger partial charge is 0.431 e. The zero-order chi connectivity index (χ0) is 7.84. The Kier molecular flexibility index (Phi) is 1.62. The first-order valence-electron chi connectivity index (χ1n) is 2.97. The zero-order valence-electron chi connectivity index (χ0n) is 5.34. The Hall–Kier alpha value is -0.540. The maximum absolute atomic E-state index is 5.73. The molecule has 0 unspecified atom stereocenters. The number of rotatable bonds is 0. The SMILES string of the molecule is Clc1ccc2oc(Br)nc2c1. The maximum Gasteiger partial charge on any atom is 0.265 e. The second-order valence-electron chi connectivity index (χ2n) is 2.08. The summed E-state index contributed by atoms with van der Waals surface area (Å²) in [4.78, 5) is 4.52. The molecule has 0 aliphatic carbocycles. The van der Waals surface area contributed by atoms with Crippen molar-refractivity contribution in [2.45, 2.75) is 0 Å². The molecule has 0 aliphatic rings. The van der Waals surface area contributed by atoms with Crippen molar-refractivity contribution in [3.8, 4) is 0 Å². The molecule has 0 atom stereocenters. The molecule has 0 saturated carbocycles. The second kappa shape index (κ2) is 2.50.